The van der Waals surface area contributed by atoms with E-state index in [1.165, 1.54) is 64.2 Å². The Balaban J connectivity index is 1.56. The van der Waals surface area contributed by atoms with E-state index in [1.807, 2.05) is 0 Å². The molecule has 0 spiro atoms. The van der Waals surface area contributed by atoms with Gasteiger partial charge < -0.3 is 4.74 Å². The first kappa shape index (κ1) is 17.9. The van der Waals surface area contributed by atoms with Gasteiger partial charge in [0, 0.05) is 12.8 Å². The van der Waals surface area contributed by atoms with Gasteiger partial charge in [0.05, 0.1) is 0 Å². The number of carbonyl (C=O) groups excluding carboxylic acids is 1. The number of carbonyl (C=O) groups is 1. The third-order valence-electron chi connectivity index (χ3n) is 9.58. The molecule has 0 aromatic carbocycles. The molecule has 4 aliphatic rings. The van der Waals surface area contributed by atoms with E-state index >= 15 is 0 Å². The molecule has 25 heavy (non-hydrogen) atoms. The van der Waals surface area contributed by atoms with Gasteiger partial charge in [0.1, 0.15) is 6.10 Å². The van der Waals surface area contributed by atoms with Crippen molar-refractivity contribution in [2.24, 2.45) is 40.4 Å². The lowest BCUT2D eigenvalue weighted by Crippen LogP contribution is -2.53. The minimum Gasteiger partial charge on any atom is -0.463 e. The second-order valence-corrected chi connectivity index (χ2v) is 10.4. The minimum absolute atomic E-state index is 0.0886. The van der Waals surface area contributed by atoms with Gasteiger partial charge >= 0.3 is 5.97 Å². The van der Waals surface area contributed by atoms with Crippen molar-refractivity contribution in [3.8, 4) is 0 Å². The van der Waals surface area contributed by atoms with Crippen molar-refractivity contribution in [3.05, 3.63) is 0 Å². The Bertz CT molecular complexity index is 528. The van der Waals surface area contributed by atoms with Crippen LogP contribution in [0.4, 0.5) is 0 Å². The maximum atomic E-state index is 11.5. The molecule has 8 atom stereocenters. The van der Waals surface area contributed by atoms with Crippen LogP contribution < -0.4 is 0 Å². The lowest BCUT2D eigenvalue weighted by molar-refractivity contribution is -0.154. The molecule has 8 unspecified atom stereocenters. The van der Waals surface area contributed by atoms with Crippen molar-refractivity contribution in [1.29, 1.82) is 0 Å². The molecule has 0 N–H and O–H groups in total. The number of hydrogen-bond acceptors (Lipinski definition) is 2. The predicted octanol–water partition coefficient (Wildman–Crippen LogP) is 5.99. The normalized spacial score (nSPS) is 50.3. The molecule has 0 aromatic rings. The summed E-state index contributed by atoms with van der Waals surface area (Å²) in [7, 11) is 0. The lowest BCUT2D eigenvalue weighted by atomic mass is 9.45. The molecule has 2 nitrogen and oxygen atoms in total. The first-order chi connectivity index (χ1) is 11.9. The maximum Gasteiger partial charge on any atom is 0.302 e. The minimum atomic E-state index is -0.108. The SMILES string of the molecule is CC(=O)OC(C)C1CCC2C3CCC4CCCCC4(C)C3CCC12C. The molecule has 4 rings (SSSR count). The molecule has 142 valence electrons. The zero-order chi connectivity index (χ0) is 17.8. The molecule has 4 aliphatic carbocycles. The van der Waals surface area contributed by atoms with Crippen LogP contribution in [0.5, 0.6) is 0 Å². The Kier molecular flexibility index (Phi) is 4.48. The molecule has 0 bridgehead atoms. The number of ether oxygens (including phenoxy) is 1. The summed E-state index contributed by atoms with van der Waals surface area (Å²) in [6, 6.07) is 0. The molecule has 4 fully saturated rings. The summed E-state index contributed by atoms with van der Waals surface area (Å²) >= 11 is 0. The van der Waals surface area contributed by atoms with Crippen molar-refractivity contribution >= 4 is 5.97 Å². The van der Waals surface area contributed by atoms with Crippen molar-refractivity contribution in [2.75, 3.05) is 0 Å². The van der Waals surface area contributed by atoms with E-state index in [0.29, 0.717) is 16.7 Å². The van der Waals surface area contributed by atoms with Gasteiger partial charge in [-0.05, 0) is 92.8 Å². The Morgan fingerprint density at radius 3 is 2.44 bits per heavy atom. The van der Waals surface area contributed by atoms with E-state index in [9.17, 15) is 4.79 Å². The van der Waals surface area contributed by atoms with Crippen LogP contribution in [0.1, 0.15) is 91.9 Å². The molecule has 0 aliphatic heterocycles. The summed E-state index contributed by atoms with van der Waals surface area (Å²) in [5.41, 5.74) is 1.02. The fourth-order valence-electron chi connectivity index (χ4n) is 8.45. The standard InChI is InChI=1S/C23H38O2/c1-15(25-16(2)24)19-10-11-20-18-9-8-17-7-5-6-13-22(17,3)21(18)12-14-23(19,20)4/h15,17-21H,5-14H2,1-4H3. The summed E-state index contributed by atoms with van der Waals surface area (Å²) in [4.78, 5) is 11.5. The smallest absolute Gasteiger partial charge is 0.302 e. The summed E-state index contributed by atoms with van der Waals surface area (Å²) < 4.78 is 5.65. The van der Waals surface area contributed by atoms with Crippen LogP contribution in [0.15, 0.2) is 0 Å². The van der Waals surface area contributed by atoms with Crippen LogP contribution in [-0.4, -0.2) is 12.1 Å². The monoisotopic (exact) mass is 346 g/mol. The second kappa shape index (κ2) is 6.27. The van der Waals surface area contributed by atoms with Crippen LogP contribution in [0, 0.1) is 40.4 Å². The molecular formula is C23H38O2. The molecule has 0 aromatic heterocycles. The van der Waals surface area contributed by atoms with Gasteiger partial charge in [-0.2, -0.15) is 0 Å². The van der Waals surface area contributed by atoms with E-state index in [0.717, 1.165) is 23.7 Å². The highest BCUT2D eigenvalue weighted by Gasteiger charge is 2.60. The molecule has 0 radical (unpaired) electrons. The predicted molar refractivity (Wildman–Crippen MR) is 101 cm³/mol. The molecule has 4 saturated carbocycles. The van der Waals surface area contributed by atoms with Crippen molar-refractivity contribution in [3.63, 3.8) is 0 Å². The van der Waals surface area contributed by atoms with Crippen LogP contribution in [0.25, 0.3) is 0 Å². The van der Waals surface area contributed by atoms with Crippen molar-refractivity contribution < 1.29 is 9.53 Å². The van der Waals surface area contributed by atoms with Crippen LogP contribution in [-0.2, 0) is 9.53 Å². The molecule has 0 amide bonds. The summed E-state index contributed by atoms with van der Waals surface area (Å²) in [6.45, 7) is 8.91. The molecule has 2 heteroatoms. The van der Waals surface area contributed by atoms with Gasteiger partial charge in [-0.3, -0.25) is 4.79 Å². The number of hydrogen-bond donors (Lipinski definition) is 0. The van der Waals surface area contributed by atoms with E-state index in [4.69, 9.17) is 4.74 Å². The van der Waals surface area contributed by atoms with Gasteiger partial charge in [-0.25, -0.2) is 0 Å². The molecule has 0 heterocycles. The van der Waals surface area contributed by atoms with Crippen molar-refractivity contribution in [1.82, 2.24) is 0 Å². The van der Waals surface area contributed by atoms with Crippen molar-refractivity contribution in [2.45, 2.75) is 98.0 Å². The van der Waals surface area contributed by atoms with Gasteiger partial charge in [0.25, 0.3) is 0 Å². The quantitative estimate of drug-likeness (QED) is 0.574. The highest BCUT2D eigenvalue weighted by molar-refractivity contribution is 5.66. The largest absolute Gasteiger partial charge is 0.463 e. The maximum absolute atomic E-state index is 11.5. The summed E-state index contributed by atoms with van der Waals surface area (Å²) in [5.74, 6) is 4.24. The zero-order valence-electron chi connectivity index (χ0n) is 16.9. The molecule has 0 saturated heterocycles. The Morgan fingerprint density at radius 1 is 0.920 bits per heavy atom. The summed E-state index contributed by atoms with van der Waals surface area (Å²) in [6.07, 6.45) is 14.4. The van der Waals surface area contributed by atoms with E-state index in [-0.39, 0.29) is 12.1 Å². The van der Waals surface area contributed by atoms with E-state index in [2.05, 4.69) is 20.8 Å². The third kappa shape index (κ3) is 2.69. The average Bonchev–Trinajstić information content (AvgIpc) is 2.91. The van der Waals surface area contributed by atoms with Crippen LogP contribution >= 0.6 is 0 Å². The van der Waals surface area contributed by atoms with Gasteiger partial charge in [-0.15, -0.1) is 0 Å². The third-order valence-corrected chi connectivity index (χ3v) is 9.58. The first-order valence-corrected chi connectivity index (χ1v) is 11.0. The topological polar surface area (TPSA) is 26.3 Å². The van der Waals surface area contributed by atoms with Gasteiger partial charge in [0.2, 0.25) is 0 Å². The highest BCUT2D eigenvalue weighted by atomic mass is 16.5. The van der Waals surface area contributed by atoms with E-state index in [1.54, 1.807) is 6.92 Å². The Morgan fingerprint density at radius 2 is 1.68 bits per heavy atom. The average molecular weight is 347 g/mol. The fourth-order valence-corrected chi connectivity index (χ4v) is 8.45. The zero-order valence-corrected chi connectivity index (χ0v) is 16.9. The number of esters is 1. The Hall–Kier alpha value is -0.530. The first-order valence-electron chi connectivity index (χ1n) is 11.0. The van der Waals surface area contributed by atoms with Crippen LogP contribution in [0.2, 0.25) is 0 Å². The fraction of sp³-hybridized carbons (Fsp3) is 0.957. The molecular weight excluding hydrogens is 308 g/mol. The lowest BCUT2D eigenvalue weighted by Gasteiger charge is -2.60. The number of fused-ring (bicyclic) bond motifs is 5. The van der Waals surface area contributed by atoms with Crippen LogP contribution in [0.3, 0.4) is 0 Å². The van der Waals surface area contributed by atoms with Gasteiger partial charge in [0.15, 0.2) is 0 Å². The summed E-state index contributed by atoms with van der Waals surface area (Å²) in [5, 5.41) is 0. The van der Waals surface area contributed by atoms with E-state index < -0.39 is 0 Å². The number of rotatable bonds is 2. The Labute approximate surface area is 154 Å². The second-order valence-electron chi connectivity index (χ2n) is 10.4. The highest BCUT2D eigenvalue weighted by Crippen LogP contribution is 2.67. The van der Waals surface area contributed by atoms with Gasteiger partial charge in [-0.1, -0.05) is 26.7 Å².